The van der Waals surface area contributed by atoms with E-state index in [0.29, 0.717) is 22.2 Å². The minimum Gasteiger partial charge on any atom is -0.503 e. The fourth-order valence-electron chi connectivity index (χ4n) is 4.93. The second-order valence-electron chi connectivity index (χ2n) is 11.3. The van der Waals surface area contributed by atoms with Crippen LogP contribution in [0.25, 0.3) is 0 Å². The first kappa shape index (κ1) is 38.5. The van der Waals surface area contributed by atoms with Crippen molar-refractivity contribution >= 4 is 75.1 Å². The van der Waals surface area contributed by atoms with Crippen LogP contribution in [-0.4, -0.2) is 112 Å². The maximum Gasteiger partial charge on any atom is 0.352 e. The molecular weight excluding hydrogens is 755 g/mol. The van der Waals surface area contributed by atoms with E-state index in [1.807, 2.05) is 0 Å². The Morgan fingerprint density at radius 2 is 1.98 bits per heavy atom. The van der Waals surface area contributed by atoms with Crippen LogP contribution < -0.4 is 37.4 Å². The van der Waals surface area contributed by atoms with Crippen molar-refractivity contribution in [3.63, 3.8) is 0 Å². The van der Waals surface area contributed by atoms with Gasteiger partial charge in [0.05, 0.1) is 6.20 Å². The normalized spacial score (nSPS) is 17.4. The number of anilines is 3. The van der Waals surface area contributed by atoms with Gasteiger partial charge in [0, 0.05) is 30.3 Å². The number of fused-ring (bicyclic) bond motifs is 1. The zero-order valence-corrected chi connectivity index (χ0v) is 29.5. The van der Waals surface area contributed by atoms with Gasteiger partial charge in [-0.3, -0.25) is 24.1 Å². The molecule has 0 spiro atoms. The SMILES string of the molecule is C[C@H](O/N=C(\C(=O)N[C@@H]1C(=O)N2C(C(=O)O)=C(/C=C/C[n+]3cnc(N)c(NCCNC(=O)c4cc(=O)c(O)cn4O)c3)CSC12)c1csc(N)n1)C(=O)O. The number of nitrogens with zero attached hydrogens (tertiary/aromatic N) is 6. The lowest BCUT2D eigenvalue weighted by atomic mass is 10.0. The average Bonchev–Trinajstić information content (AvgIpc) is 3.56. The Morgan fingerprint density at radius 3 is 2.67 bits per heavy atom. The molecule has 54 heavy (non-hydrogen) atoms. The number of pyridine rings is 1. The van der Waals surface area contributed by atoms with Gasteiger partial charge in [0.25, 0.3) is 29.9 Å². The number of nitrogen functional groups attached to an aromatic ring is 2. The summed E-state index contributed by atoms with van der Waals surface area (Å²) in [6.07, 6.45) is 5.56. The van der Waals surface area contributed by atoms with Crippen LogP contribution in [0.1, 0.15) is 23.1 Å². The lowest BCUT2D eigenvalue weighted by Gasteiger charge is -2.49. The number of aromatic hydroxyl groups is 1. The summed E-state index contributed by atoms with van der Waals surface area (Å²) in [5.74, 6) is -5.49. The largest absolute Gasteiger partial charge is 0.503 e. The number of nitrogens with two attached hydrogens (primary N) is 2. The molecule has 24 heteroatoms. The monoisotopic (exact) mass is 786 g/mol. The number of β-lactam (4-membered cyclic amide) rings is 1. The number of allylic oxidation sites excluding steroid dienone is 2. The van der Waals surface area contributed by atoms with Crippen molar-refractivity contribution in [1.29, 1.82) is 0 Å². The Labute approximate surface area is 311 Å². The van der Waals surface area contributed by atoms with E-state index in [0.717, 1.165) is 22.3 Å². The molecule has 0 saturated carbocycles. The predicted octanol–water partition coefficient (Wildman–Crippen LogP) is -1.87. The number of nitrogens with one attached hydrogen (secondary N) is 3. The van der Waals surface area contributed by atoms with Crippen LogP contribution in [0.4, 0.5) is 16.6 Å². The standard InChI is InChI=1S/C30H31N11O11S2/c1-13(28(47)48)52-38-20(16-11-54-30(32)36-16)25(45)37-21-26(46)41-22(29(49)50)14(10-53-27(21)41)3-2-6-39-8-15(23(31)35-12-39)33-4-5-34-24(44)17-7-18(42)19(43)9-40(17)51/h2-3,7-9,11-13,21,27,31,33,51H,4-6,10H2,1H3,(H7,32,34,36,37,43,44,45,47,48,49,50)/p+1/b3-2+,38-20-/t13-,21+,27?/m0/s1. The molecule has 5 rings (SSSR count). The minimum absolute atomic E-state index is 0.0135. The Hall–Kier alpha value is -6.69. The Morgan fingerprint density at radius 1 is 1.22 bits per heavy atom. The van der Waals surface area contributed by atoms with E-state index < -0.39 is 64.1 Å². The van der Waals surface area contributed by atoms with Gasteiger partial charge in [0.15, 0.2) is 16.6 Å². The molecule has 3 atom stereocenters. The van der Waals surface area contributed by atoms with Crippen molar-refractivity contribution < 1.29 is 53.9 Å². The summed E-state index contributed by atoms with van der Waals surface area (Å²) < 4.78 is 1.96. The number of aliphatic carboxylic acids is 2. The molecule has 1 fully saturated rings. The number of hydrogen-bond acceptors (Lipinski definition) is 17. The van der Waals surface area contributed by atoms with Crippen LogP contribution in [-0.2, 0) is 30.6 Å². The number of amides is 3. The van der Waals surface area contributed by atoms with Gasteiger partial charge in [-0.15, -0.1) is 23.1 Å². The van der Waals surface area contributed by atoms with Gasteiger partial charge in [-0.25, -0.2) is 19.1 Å². The molecule has 0 aromatic carbocycles. The zero-order valence-electron chi connectivity index (χ0n) is 27.9. The van der Waals surface area contributed by atoms with Gasteiger partial charge in [-0.2, -0.15) is 4.73 Å². The Bertz CT molecular complexity index is 2170. The number of thiazole rings is 1. The molecule has 0 radical (unpaired) electrons. The summed E-state index contributed by atoms with van der Waals surface area (Å²) in [6, 6.07) is -0.355. The van der Waals surface area contributed by atoms with E-state index in [9.17, 15) is 44.2 Å². The number of thioether (sulfide) groups is 1. The molecule has 1 unspecified atom stereocenters. The fourth-order valence-corrected chi connectivity index (χ4v) is 6.80. The summed E-state index contributed by atoms with van der Waals surface area (Å²) in [5, 5.41) is 50.7. The average molecular weight is 787 g/mol. The number of carbonyl (C=O) groups is 5. The van der Waals surface area contributed by atoms with Crippen LogP contribution in [0.5, 0.6) is 5.75 Å². The summed E-state index contributed by atoms with van der Waals surface area (Å²) in [5.41, 5.74) is 10.5. The maximum absolute atomic E-state index is 13.2. The van der Waals surface area contributed by atoms with Crippen LogP contribution in [0.15, 0.2) is 63.5 Å². The zero-order chi connectivity index (χ0) is 39.3. The van der Waals surface area contributed by atoms with Crippen LogP contribution in [0.2, 0.25) is 0 Å². The summed E-state index contributed by atoms with van der Waals surface area (Å²) >= 11 is 2.21. The molecule has 11 N–H and O–H groups in total. The molecule has 3 amide bonds. The highest BCUT2D eigenvalue weighted by molar-refractivity contribution is 8.00. The van der Waals surface area contributed by atoms with Crippen molar-refractivity contribution in [2.75, 3.05) is 35.6 Å². The van der Waals surface area contributed by atoms with Gasteiger partial charge in [0.2, 0.25) is 11.5 Å². The van der Waals surface area contributed by atoms with Crippen LogP contribution in [0.3, 0.4) is 0 Å². The van der Waals surface area contributed by atoms with E-state index in [2.05, 4.69) is 31.1 Å². The molecular formula is C30H32N11O11S2+. The quantitative estimate of drug-likeness (QED) is 0.0203. The third-order valence-corrected chi connectivity index (χ3v) is 9.61. The van der Waals surface area contributed by atoms with Crippen molar-refractivity contribution in [1.82, 2.24) is 30.2 Å². The van der Waals surface area contributed by atoms with E-state index in [-0.39, 0.29) is 53.4 Å². The molecule has 5 heterocycles. The first-order valence-electron chi connectivity index (χ1n) is 15.5. The smallest absolute Gasteiger partial charge is 0.352 e. The second kappa shape index (κ2) is 16.3. The molecule has 2 aliphatic rings. The number of carboxylic acid groups (broad SMARTS) is 2. The second-order valence-corrected chi connectivity index (χ2v) is 13.3. The minimum atomic E-state index is -1.40. The molecule has 2 aliphatic heterocycles. The number of aromatic nitrogens is 4. The summed E-state index contributed by atoms with van der Waals surface area (Å²) in [6.45, 7) is 1.61. The number of rotatable bonds is 15. The Kier molecular flexibility index (Phi) is 11.7. The number of carbonyl (C=O) groups excluding carboxylic acids is 3. The first-order chi connectivity index (χ1) is 25.7. The lowest BCUT2D eigenvalue weighted by Crippen LogP contribution is -2.71. The van der Waals surface area contributed by atoms with E-state index in [1.165, 1.54) is 30.4 Å². The van der Waals surface area contributed by atoms with Crippen molar-refractivity contribution in [2.24, 2.45) is 5.16 Å². The van der Waals surface area contributed by atoms with Gasteiger partial charge in [-0.1, -0.05) is 11.2 Å². The highest BCUT2D eigenvalue weighted by atomic mass is 32.2. The van der Waals surface area contributed by atoms with Crippen LogP contribution >= 0.6 is 23.1 Å². The molecule has 1 saturated heterocycles. The van der Waals surface area contributed by atoms with Gasteiger partial charge < -0.3 is 52.8 Å². The predicted molar refractivity (Wildman–Crippen MR) is 189 cm³/mol. The van der Waals surface area contributed by atoms with Crippen molar-refractivity contribution in [3.05, 3.63) is 75.2 Å². The highest BCUT2D eigenvalue weighted by Crippen LogP contribution is 2.40. The topological polar surface area (TPSA) is 331 Å². The van der Waals surface area contributed by atoms with E-state index in [1.54, 1.807) is 22.9 Å². The molecule has 0 aliphatic carbocycles. The third kappa shape index (κ3) is 8.50. The molecule has 22 nitrogen and oxygen atoms in total. The highest BCUT2D eigenvalue weighted by Gasteiger charge is 2.54. The number of carboxylic acids is 2. The number of oxime groups is 1. The van der Waals surface area contributed by atoms with Gasteiger partial charge in [-0.05, 0) is 23.6 Å². The molecule has 3 aromatic heterocycles. The van der Waals surface area contributed by atoms with E-state index >= 15 is 0 Å². The maximum atomic E-state index is 13.2. The van der Waals surface area contributed by atoms with Gasteiger partial charge >= 0.3 is 11.9 Å². The molecule has 3 aromatic rings. The summed E-state index contributed by atoms with van der Waals surface area (Å²) in [7, 11) is 0. The Balaban J connectivity index is 1.20. The van der Waals surface area contributed by atoms with Gasteiger partial charge in [0.1, 0.15) is 46.9 Å². The number of hydrogen-bond donors (Lipinski definition) is 9. The summed E-state index contributed by atoms with van der Waals surface area (Å²) in [4.78, 5) is 88.0. The van der Waals surface area contributed by atoms with Crippen LogP contribution in [0, 0.1) is 0 Å². The fraction of sp³-hybridized carbons (Fsp3) is 0.267. The third-order valence-electron chi connectivity index (χ3n) is 7.64. The van der Waals surface area contributed by atoms with E-state index in [4.69, 9.17) is 21.4 Å². The first-order valence-corrected chi connectivity index (χ1v) is 17.5. The van der Waals surface area contributed by atoms with Crippen molar-refractivity contribution in [2.45, 2.75) is 31.0 Å². The lowest BCUT2D eigenvalue weighted by molar-refractivity contribution is -0.689. The molecule has 284 valence electrons. The molecule has 0 bridgehead atoms. The van der Waals surface area contributed by atoms with Crippen molar-refractivity contribution in [3.8, 4) is 5.75 Å².